The van der Waals surface area contributed by atoms with Crippen molar-refractivity contribution in [2.75, 3.05) is 39.4 Å². The summed E-state index contributed by atoms with van der Waals surface area (Å²) in [7, 11) is 0. The average molecular weight is 596 g/mol. The lowest BCUT2D eigenvalue weighted by Gasteiger charge is -2.36. The van der Waals surface area contributed by atoms with Crippen LogP contribution in [0.3, 0.4) is 0 Å². The van der Waals surface area contributed by atoms with Gasteiger partial charge in [-0.2, -0.15) is 0 Å². The number of nitrogens with one attached hydrogen (secondary N) is 1. The lowest BCUT2D eigenvalue weighted by atomic mass is 9.85. The second kappa shape index (κ2) is 12.4. The molecule has 2 atom stereocenters. The third kappa shape index (κ3) is 6.09. The molecule has 2 N–H and O–H groups in total. The molecule has 0 spiro atoms. The van der Waals surface area contributed by atoms with Crippen LogP contribution in [-0.2, 0) is 5.41 Å². The molecule has 2 heterocycles. The van der Waals surface area contributed by atoms with Crippen LogP contribution in [-0.4, -0.2) is 66.2 Å². The van der Waals surface area contributed by atoms with Gasteiger partial charge in [0.05, 0.1) is 24.8 Å². The molecule has 2 aliphatic heterocycles. The van der Waals surface area contributed by atoms with E-state index in [1.807, 2.05) is 97.3 Å². The van der Waals surface area contributed by atoms with Crippen LogP contribution >= 0.6 is 23.2 Å². The van der Waals surface area contributed by atoms with E-state index in [9.17, 15) is 9.90 Å². The molecule has 0 aromatic heterocycles. The molecule has 3 aromatic carbocycles. The van der Waals surface area contributed by atoms with Gasteiger partial charge in [-0.15, -0.1) is 0 Å². The second-order valence-electron chi connectivity index (χ2n) is 11.0. The van der Waals surface area contributed by atoms with Gasteiger partial charge in [-0.05, 0) is 60.0 Å². The largest absolute Gasteiger partial charge is 0.493 e. The number of hydrogen-bond donors (Lipinski definition) is 2. The van der Waals surface area contributed by atoms with Crippen LogP contribution in [0, 0.1) is 0 Å². The first-order valence-corrected chi connectivity index (χ1v) is 14.7. The summed E-state index contributed by atoms with van der Waals surface area (Å²) in [5.41, 5.74) is 3.07. The van der Waals surface area contributed by atoms with E-state index in [-0.39, 0.29) is 12.6 Å². The Morgan fingerprint density at radius 1 is 1.00 bits per heavy atom. The zero-order chi connectivity index (χ0) is 29.1. The molecule has 1 fully saturated rings. The number of urea groups is 1. The number of rotatable bonds is 7. The molecule has 9 heteroatoms. The smallest absolute Gasteiger partial charge is 0.326 e. The van der Waals surface area contributed by atoms with E-state index in [4.69, 9.17) is 32.9 Å². The van der Waals surface area contributed by atoms with Crippen LogP contribution < -0.4 is 10.1 Å². The van der Waals surface area contributed by atoms with Gasteiger partial charge in [0.1, 0.15) is 17.6 Å². The van der Waals surface area contributed by atoms with Crippen LogP contribution in [0.15, 0.2) is 71.7 Å². The van der Waals surface area contributed by atoms with Gasteiger partial charge < -0.3 is 20.1 Å². The fourth-order valence-corrected chi connectivity index (χ4v) is 5.61. The Morgan fingerprint density at radius 3 is 2.20 bits per heavy atom. The summed E-state index contributed by atoms with van der Waals surface area (Å²) in [6.45, 7) is 8.99. The maximum absolute atomic E-state index is 14.4. The van der Waals surface area contributed by atoms with E-state index >= 15 is 0 Å². The van der Waals surface area contributed by atoms with Gasteiger partial charge in [0.15, 0.2) is 0 Å². The molecule has 7 nitrogen and oxygen atoms in total. The monoisotopic (exact) mass is 594 g/mol. The minimum absolute atomic E-state index is 0.0102. The minimum atomic E-state index is -0.462. The maximum atomic E-state index is 14.4. The number of ether oxygens (including phenoxy) is 1. The van der Waals surface area contributed by atoms with E-state index in [0.717, 1.165) is 35.3 Å². The summed E-state index contributed by atoms with van der Waals surface area (Å²) in [6, 6.07) is 20.2. The van der Waals surface area contributed by atoms with Crippen molar-refractivity contribution in [2.24, 2.45) is 4.99 Å². The van der Waals surface area contributed by atoms with Gasteiger partial charge in [0.25, 0.3) is 0 Å². The number of aliphatic hydroxyl groups excluding tert-OH is 1. The summed E-state index contributed by atoms with van der Waals surface area (Å²) >= 11 is 12.5. The highest BCUT2D eigenvalue weighted by atomic mass is 35.5. The van der Waals surface area contributed by atoms with Crippen LogP contribution in [0.25, 0.3) is 0 Å². The lowest BCUT2D eigenvalue weighted by Crippen LogP contribution is -2.53. The normalized spacial score (nSPS) is 19.3. The number of piperazine rings is 1. The van der Waals surface area contributed by atoms with E-state index in [1.165, 1.54) is 0 Å². The number of amides is 2. The first-order valence-electron chi connectivity index (χ1n) is 14.0. The third-order valence-corrected chi connectivity index (χ3v) is 8.29. The molecule has 2 amide bonds. The highest BCUT2D eigenvalue weighted by molar-refractivity contribution is 6.30. The molecule has 0 aliphatic carbocycles. The van der Waals surface area contributed by atoms with Crippen molar-refractivity contribution in [3.63, 3.8) is 0 Å². The molecule has 0 bridgehead atoms. The standard InChI is InChI=1S/C32H36Cl2N4O3/c1-4-41-27-19-23(32(2,3)20-39)9-14-26(27)30-36-28(21-5-10-24(33)11-6-21)29(22-7-12-25(34)13-8-22)38(30)31(40)37-17-15-35-16-18-37/h5-14,19,28-29,35,39H,4,15-18,20H2,1-3H3/t28-,29+/m0/s1. The molecule has 41 heavy (non-hydrogen) atoms. The number of carbonyl (C=O) groups excluding carboxylic acids is 1. The van der Waals surface area contributed by atoms with Crippen molar-refractivity contribution < 1.29 is 14.6 Å². The average Bonchev–Trinajstić information content (AvgIpc) is 3.38. The predicted molar refractivity (Wildman–Crippen MR) is 164 cm³/mol. The molecule has 0 unspecified atom stereocenters. The van der Waals surface area contributed by atoms with Crippen LogP contribution in [0.4, 0.5) is 4.79 Å². The van der Waals surface area contributed by atoms with Gasteiger partial charge in [-0.1, -0.05) is 67.4 Å². The maximum Gasteiger partial charge on any atom is 0.326 e. The highest BCUT2D eigenvalue weighted by Gasteiger charge is 2.44. The molecule has 0 saturated carbocycles. The number of aliphatic hydroxyl groups is 1. The summed E-state index contributed by atoms with van der Waals surface area (Å²) in [6.07, 6.45) is 0. The Balaban J connectivity index is 1.70. The zero-order valence-corrected chi connectivity index (χ0v) is 25.1. The number of hydrogen-bond acceptors (Lipinski definition) is 5. The Kier molecular flexibility index (Phi) is 8.90. The summed E-state index contributed by atoms with van der Waals surface area (Å²) in [4.78, 5) is 23.4. The van der Waals surface area contributed by atoms with E-state index in [0.29, 0.717) is 41.3 Å². The number of aliphatic imine (C=N–C) groups is 1. The molecule has 216 valence electrons. The van der Waals surface area contributed by atoms with Crippen LogP contribution in [0.2, 0.25) is 10.0 Å². The van der Waals surface area contributed by atoms with Gasteiger partial charge in [0.2, 0.25) is 0 Å². The molecular weight excluding hydrogens is 559 g/mol. The lowest BCUT2D eigenvalue weighted by molar-refractivity contribution is 0.157. The topological polar surface area (TPSA) is 77.4 Å². The van der Waals surface area contributed by atoms with E-state index < -0.39 is 17.5 Å². The van der Waals surface area contributed by atoms with Gasteiger partial charge in [-0.3, -0.25) is 9.89 Å². The first-order chi connectivity index (χ1) is 19.7. The molecular formula is C32H36Cl2N4O3. The van der Waals surface area contributed by atoms with Gasteiger partial charge >= 0.3 is 6.03 Å². The number of halogens is 2. The number of nitrogens with zero attached hydrogens (tertiary/aromatic N) is 3. The first kappa shape index (κ1) is 29.4. The minimum Gasteiger partial charge on any atom is -0.493 e. The van der Waals surface area contributed by atoms with Crippen LogP contribution in [0.1, 0.15) is 55.1 Å². The fraction of sp³-hybridized carbons (Fsp3) is 0.375. The SMILES string of the molecule is CCOc1cc(C(C)(C)CO)ccc1C1=N[C@@H](c2ccc(Cl)cc2)[C@@H](c2ccc(Cl)cc2)N1C(=O)N1CCNCC1. The van der Waals surface area contributed by atoms with Crippen molar-refractivity contribution in [1.29, 1.82) is 0 Å². The zero-order valence-electron chi connectivity index (χ0n) is 23.6. The number of benzene rings is 3. The Bertz CT molecular complexity index is 1400. The Labute approximate surface area is 251 Å². The number of carbonyl (C=O) groups is 1. The van der Waals surface area contributed by atoms with Crippen molar-refractivity contribution in [3.8, 4) is 5.75 Å². The highest BCUT2D eigenvalue weighted by Crippen LogP contribution is 2.46. The van der Waals surface area contributed by atoms with Crippen molar-refractivity contribution >= 4 is 35.1 Å². The Hall–Kier alpha value is -3.10. The second-order valence-corrected chi connectivity index (χ2v) is 11.9. The van der Waals surface area contributed by atoms with Crippen molar-refractivity contribution in [2.45, 2.75) is 38.3 Å². The number of amidine groups is 1. The van der Waals surface area contributed by atoms with Crippen molar-refractivity contribution in [3.05, 3.63) is 99.0 Å². The van der Waals surface area contributed by atoms with Crippen LogP contribution in [0.5, 0.6) is 5.75 Å². The summed E-state index contributed by atoms with van der Waals surface area (Å²) < 4.78 is 6.16. The molecule has 0 radical (unpaired) electrons. The Morgan fingerprint density at radius 2 is 1.61 bits per heavy atom. The third-order valence-electron chi connectivity index (χ3n) is 7.78. The summed E-state index contributed by atoms with van der Waals surface area (Å²) in [5, 5.41) is 14.6. The van der Waals surface area contributed by atoms with E-state index in [1.54, 1.807) is 0 Å². The molecule has 5 rings (SSSR count). The van der Waals surface area contributed by atoms with Crippen molar-refractivity contribution in [1.82, 2.24) is 15.1 Å². The van der Waals surface area contributed by atoms with Gasteiger partial charge in [0, 0.05) is 41.6 Å². The quantitative estimate of drug-likeness (QED) is 0.340. The predicted octanol–water partition coefficient (Wildman–Crippen LogP) is 6.23. The molecule has 3 aromatic rings. The van der Waals surface area contributed by atoms with E-state index in [2.05, 4.69) is 5.32 Å². The molecule has 2 aliphatic rings. The van der Waals surface area contributed by atoms with Gasteiger partial charge in [-0.25, -0.2) is 4.79 Å². The summed E-state index contributed by atoms with van der Waals surface area (Å²) in [5.74, 6) is 1.17. The molecule has 1 saturated heterocycles. The fourth-order valence-electron chi connectivity index (χ4n) is 5.36.